The molecule has 1 amide bonds. The summed E-state index contributed by atoms with van der Waals surface area (Å²) in [4.78, 5) is 27.6. The van der Waals surface area contributed by atoms with E-state index in [0.29, 0.717) is 5.69 Å². The molecule has 0 bridgehead atoms. The average molecular weight is 406 g/mol. The van der Waals surface area contributed by atoms with E-state index in [1.54, 1.807) is 18.3 Å². The van der Waals surface area contributed by atoms with E-state index in [-0.39, 0.29) is 29.8 Å². The van der Waals surface area contributed by atoms with Gasteiger partial charge in [0.15, 0.2) is 0 Å². The highest BCUT2D eigenvalue weighted by atomic mass is 16.6. The molecule has 1 N–H and O–H groups in total. The molecule has 1 aliphatic carbocycles. The molecule has 1 saturated carbocycles. The lowest BCUT2D eigenvalue weighted by Crippen LogP contribution is -2.23. The predicted octanol–water partition coefficient (Wildman–Crippen LogP) is 4.03. The number of nitro benzene ring substituents is 1. The number of hydrogen-bond acceptors (Lipinski definition) is 5. The second-order valence-electron chi connectivity index (χ2n) is 7.25. The fourth-order valence-electron chi connectivity index (χ4n) is 3.66. The highest BCUT2D eigenvalue weighted by Crippen LogP contribution is 2.27. The quantitative estimate of drug-likeness (QED) is 0.472. The zero-order valence-corrected chi connectivity index (χ0v) is 16.4. The molecule has 3 aromatic rings. The van der Waals surface area contributed by atoms with Crippen molar-refractivity contribution in [3.8, 4) is 11.4 Å². The van der Waals surface area contributed by atoms with Crippen LogP contribution in [0.25, 0.3) is 5.69 Å². The van der Waals surface area contributed by atoms with Gasteiger partial charge in [0.2, 0.25) is 0 Å². The van der Waals surface area contributed by atoms with E-state index in [9.17, 15) is 14.9 Å². The van der Waals surface area contributed by atoms with Gasteiger partial charge in [-0.15, -0.1) is 0 Å². The lowest BCUT2D eigenvalue weighted by atomic mass is 10.1. The molecule has 1 aliphatic rings. The summed E-state index contributed by atoms with van der Waals surface area (Å²) in [7, 11) is 0. The van der Waals surface area contributed by atoms with Gasteiger partial charge in [-0.1, -0.05) is 18.2 Å². The number of hydrogen-bond donors (Lipinski definition) is 1. The van der Waals surface area contributed by atoms with E-state index in [2.05, 4.69) is 10.3 Å². The number of benzene rings is 2. The highest BCUT2D eigenvalue weighted by Gasteiger charge is 2.20. The number of carbonyl (C=O) groups is 1. The molecule has 154 valence electrons. The van der Waals surface area contributed by atoms with E-state index in [4.69, 9.17) is 4.74 Å². The molecule has 0 radical (unpaired) electrons. The summed E-state index contributed by atoms with van der Waals surface area (Å²) in [6.07, 6.45) is 9.30. The van der Waals surface area contributed by atoms with Crippen molar-refractivity contribution in [2.75, 3.05) is 0 Å². The molecule has 2 aromatic carbocycles. The lowest BCUT2D eigenvalue weighted by Gasteiger charge is -2.17. The van der Waals surface area contributed by atoms with Crippen LogP contribution in [0.2, 0.25) is 0 Å². The standard InChI is InChI=1S/C22H22N4O4/c27-22(16-9-10-19(20(13-16)26(28)29)25-12-11-23-15-25)24-14-17-5-1-4-8-21(17)30-18-6-2-3-7-18/h1,4-5,8-13,15,18H,2-3,6-7,14H2,(H,24,27). The molecule has 0 aliphatic heterocycles. The van der Waals surface area contributed by atoms with Crippen LogP contribution in [0.3, 0.4) is 0 Å². The Morgan fingerprint density at radius 1 is 1.23 bits per heavy atom. The fraction of sp³-hybridized carbons (Fsp3) is 0.273. The zero-order valence-electron chi connectivity index (χ0n) is 16.4. The van der Waals surface area contributed by atoms with Crippen LogP contribution in [0.15, 0.2) is 61.2 Å². The van der Waals surface area contributed by atoms with Gasteiger partial charge in [0.05, 0.1) is 17.4 Å². The monoisotopic (exact) mass is 406 g/mol. The fourth-order valence-corrected chi connectivity index (χ4v) is 3.66. The average Bonchev–Trinajstić information content (AvgIpc) is 3.47. The largest absolute Gasteiger partial charge is 0.490 e. The first-order valence-corrected chi connectivity index (χ1v) is 9.91. The van der Waals surface area contributed by atoms with Crippen molar-refractivity contribution in [2.24, 2.45) is 0 Å². The Morgan fingerprint density at radius 2 is 2.03 bits per heavy atom. The molecule has 0 unspecified atom stereocenters. The van der Waals surface area contributed by atoms with Crippen molar-refractivity contribution in [1.29, 1.82) is 0 Å². The summed E-state index contributed by atoms with van der Waals surface area (Å²) in [5, 5.41) is 14.3. The number of imidazole rings is 1. The summed E-state index contributed by atoms with van der Waals surface area (Å²) < 4.78 is 7.64. The molecule has 1 heterocycles. The number of ether oxygens (including phenoxy) is 1. The van der Waals surface area contributed by atoms with Crippen molar-refractivity contribution >= 4 is 11.6 Å². The third kappa shape index (κ3) is 4.32. The second-order valence-corrected chi connectivity index (χ2v) is 7.25. The number of amides is 1. The van der Waals surface area contributed by atoms with Gasteiger partial charge in [0, 0.05) is 36.1 Å². The van der Waals surface area contributed by atoms with Gasteiger partial charge >= 0.3 is 0 Å². The Labute approximate surface area is 173 Å². The number of rotatable bonds is 7. The Hall–Kier alpha value is -3.68. The van der Waals surface area contributed by atoms with Crippen LogP contribution < -0.4 is 10.1 Å². The Balaban J connectivity index is 1.48. The predicted molar refractivity (Wildman–Crippen MR) is 111 cm³/mol. The summed E-state index contributed by atoms with van der Waals surface area (Å²) in [6, 6.07) is 12.0. The molecule has 8 nitrogen and oxygen atoms in total. The first-order valence-electron chi connectivity index (χ1n) is 9.91. The van der Waals surface area contributed by atoms with Crippen LogP contribution in [0.5, 0.6) is 5.75 Å². The zero-order chi connectivity index (χ0) is 20.9. The first kappa shape index (κ1) is 19.6. The number of aromatic nitrogens is 2. The smallest absolute Gasteiger partial charge is 0.294 e. The van der Waals surface area contributed by atoms with Crippen molar-refractivity contribution in [1.82, 2.24) is 14.9 Å². The van der Waals surface area contributed by atoms with Gasteiger partial charge in [-0.2, -0.15) is 0 Å². The first-order chi connectivity index (χ1) is 14.6. The minimum atomic E-state index is -0.503. The summed E-state index contributed by atoms with van der Waals surface area (Å²) in [6.45, 7) is 0.277. The molecule has 8 heteroatoms. The van der Waals surface area contributed by atoms with E-state index in [1.165, 1.54) is 36.0 Å². The minimum absolute atomic E-state index is 0.161. The maximum Gasteiger partial charge on any atom is 0.294 e. The van der Waals surface area contributed by atoms with Crippen LogP contribution in [-0.2, 0) is 6.54 Å². The summed E-state index contributed by atoms with van der Waals surface area (Å²) >= 11 is 0. The minimum Gasteiger partial charge on any atom is -0.490 e. The van der Waals surface area contributed by atoms with Gasteiger partial charge in [-0.3, -0.25) is 14.9 Å². The molecule has 0 saturated heterocycles. The molecule has 0 spiro atoms. The van der Waals surface area contributed by atoms with Crippen LogP contribution in [0.1, 0.15) is 41.6 Å². The topological polar surface area (TPSA) is 99.3 Å². The Bertz CT molecular complexity index is 1040. The normalized spacial score (nSPS) is 13.9. The van der Waals surface area contributed by atoms with Gasteiger partial charge in [0.25, 0.3) is 11.6 Å². The number of nitrogens with one attached hydrogen (secondary N) is 1. The number of nitro groups is 1. The third-order valence-electron chi connectivity index (χ3n) is 5.22. The lowest BCUT2D eigenvalue weighted by molar-refractivity contribution is -0.384. The third-order valence-corrected chi connectivity index (χ3v) is 5.22. The molecule has 1 fully saturated rings. The highest BCUT2D eigenvalue weighted by molar-refractivity contribution is 5.95. The molecular formula is C22H22N4O4. The van der Waals surface area contributed by atoms with Crippen LogP contribution >= 0.6 is 0 Å². The number of nitrogens with zero attached hydrogens (tertiary/aromatic N) is 3. The number of para-hydroxylation sites is 1. The summed E-state index contributed by atoms with van der Waals surface area (Å²) in [5.74, 6) is 0.386. The SMILES string of the molecule is O=C(NCc1ccccc1OC1CCCC1)c1ccc(-n2ccnc2)c([N+](=O)[O-])c1. The molecule has 4 rings (SSSR count). The molecule has 0 atom stereocenters. The van der Waals surface area contributed by atoms with E-state index < -0.39 is 4.92 Å². The van der Waals surface area contributed by atoms with E-state index in [1.807, 2.05) is 24.3 Å². The molecule has 30 heavy (non-hydrogen) atoms. The second kappa shape index (κ2) is 8.77. The van der Waals surface area contributed by atoms with Crippen LogP contribution in [0.4, 0.5) is 5.69 Å². The van der Waals surface area contributed by atoms with Crippen molar-refractivity contribution in [2.45, 2.75) is 38.3 Å². The van der Waals surface area contributed by atoms with Gasteiger partial charge in [-0.05, 0) is 43.9 Å². The molecule has 1 aromatic heterocycles. The molecular weight excluding hydrogens is 384 g/mol. The number of carbonyl (C=O) groups excluding carboxylic acids is 1. The van der Waals surface area contributed by atoms with E-state index in [0.717, 1.165) is 24.2 Å². The maximum atomic E-state index is 12.7. The van der Waals surface area contributed by atoms with Gasteiger partial charge in [-0.25, -0.2) is 4.98 Å². The summed E-state index contributed by atoms with van der Waals surface area (Å²) in [5.41, 5.74) is 1.29. The van der Waals surface area contributed by atoms with Gasteiger partial charge < -0.3 is 14.6 Å². The van der Waals surface area contributed by atoms with Crippen molar-refractivity contribution in [3.63, 3.8) is 0 Å². The van der Waals surface area contributed by atoms with Crippen LogP contribution in [0, 0.1) is 10.1 Å². The Kier molecular flexibility index (Phi) is 5.74. The Morgan fingerprint density at radius 3 is 2.77 bits per heavy atom. The van der Waals surface area contributed by atoms with Crippen LogP contribution in [-0.4, -0.2) is 26.5 Å². The van der Waals surface area contributed by atoms with Crippen molar-refractivity contribution in [3.05, 3.63) is 82.4 Å². The van der Waals surface area contributed by atoms with E-state index >= 15 is 0 Å². The van der Waals surface area contributed by atoms with Gasteiger partial charge in [0.1, 0.15) is 11.4 Å². The maximum absolute atomic E-state index is 12.7. The van der Waals surface area contributed by atoms with Crippen molar-refractivity contribution < 1.29 is 14.5 Å².